The number of aromatic nitrogens is 2. The molecule has 3 rings (SSSR count). The molecule has 1 heterocycles. The zero-order valence-electron chi connectivity index (χ0n) is 12.2. The Labute approximate surface area is 129 Å². The summed E-state index contributed by atoms with van der Waals surface area (Å²) < 4.78 is 2.19. The van der Waals surface area contributed by atoms with E-state index in [4.69, 9.17) is 11.6 Å². The van der Waals surface area contributed by atoms with Crippen molar-refractivity contribution in [3.05, 3.63) is 58.9 Å². The minimum absolute atomic E-state index is 0.756. The Morgan fingerprint density at radius 2 is 1.81 bits per heavy atom. The van der Waals surface area contributed by atoms with E-state index in [2.05, 4.69) is 40.8 Å². The third kappa shape index (κ3) is 3.03. The normalized spacial score (nSPS) is 11.0. The number of benzene rings is 2. The van der Waals surface area contributed by atoms with Gasteiger partial charge in [-0.05, 0) is 61.4 Å². The molecule has 3 nitrogen and oxygen atoms in total. The zero-order chi connectivity index (χ0) is 14.8. The van der Waals surface area contributed by atoms with Gasteiger partial charge in [-0.3, -0.25) is 0 Å². The van der Waals surface area contributed by atoms with Gasteiger partial charge in [-0.25, -0.2) is 4.98 Å². The highest BCUT2D eigenvalue weighted by molar-refractivity contribution is 6.30. The van der Waals surface area contributed by atoms with Crippen molar-refractivity contribution in [3.63, 3.8) is 0 Å². The van der Waals surface area contributed by atoms with Crippen LogP contribution in [0.3, 0.4) is 0 Å². The highest BCUT2D eigenvalue weighted by atomic mass is 35.5. The average molecular weight is 300 g/mol. The van der Waals surface area contributed by atoms with Gasteiger partial charge in [-0.2, -0.15) is 0 Å². The molecule has 0 radical (unpaired) electrons. The largest absolute Gasteiger partial charge is 0.383 e. The molecule has 0 saturated heterocycles. The molecular weight excluding hydrogens is 282 g/mol. The van der Waals surface area contributed by atoms with Gasteiger partial charge in [0.1, 0.15) is 0 Å². The van der Waals surface area contributed by atoms with E-state index in [1.807, 2.05) is 30.6 Å². The molecular formula is C17H18ClN3. The number of halogens is 1. The lowest BCUT2D eigenvalue weighted by atomic mass is 10.1. The molecule has 0 atom stereocenters. The maximum Gasteiger partial charge on any atom is 0.0958 e. The van der Waals surface area contributed by atoms with Crippen molar-refractivity contribution in [1.82, 2.24) is 9.55 Å². The van der Waals surface area contributed by atoms with Crippen molar-refractivity contribution in [3.8, 4) is 0 Å². The van der Waals surface area contributed by atoms with E-state index in [1.165, 1.54) is 16.6 Å². The van der Waals surface area contributed by atoms with Gasteiger partial charge in [-0.1, -0.05) is 11.6 Å². The van der Waals surface area contributed by atoms with Gasteiger partial charge < -0.3 is 9.88 Å². The second kappa shape index (κ2) is 5.78. The smallest absolute Gasteiger partial charge is 0.0958 e. The van der Waals surface area contributed by atoms with Crippen LogP contribution in [0.15, 0.2) is 42.7 Å². The Bertz CT molecular complexity index is 760. The van der Waals surface area contributed by atoms with Gasteiger partial charge in [-0.15, -0.1) is 0 Å². The summed E-state index contributed by atoms with van der Waals surface area (Å²) in [6.45, 7) is 5.98. The van der Waals surface area contributed by atoms with Crippen LogP contribution in [-0.4, -0.2) is 16.1 Å². The molecule has 0 aliphatic carbocycles. The number of nitrogens with zero attached hydrogens (tertiary/aromatic N) is 2. The minimum Gasteiger partial charge on any atom is -0.383 e. The topological polar surface area (TPSA) is 29.9 Å². The molecule has 1 aromatic heterocycles. The van der Waals surface area contributed by atoms with E-state index >= 15 is 0 Å². The highest BCUT2D eigenvalue weighted by Gasteiger charge is 2.04. The molecule has 0 fully saturated rings. The van der Waals surface area contributed by atoms with Gasteiger partial charge in [0.25, 0.3) is 0 Å². The van der Waals surface area contributed by atoms with Gasteiger partial charge in [0.2, 0.25) is 0 Å². The standard InChI is InChI=1S/C17H18ClN3/c1-12-9-16-17(10-13(12)2)21(11-20-16)8-7-19-15-5-3-14(18)4-6-15/h3-6,9-11,19H,7-8H2,1-2H3. The summed E-state index contributed by atoms with van der Waals surface area (Å²) in [7, 11) is 0. The van der Waals surface area contributed by atoms with Gasteiger partial charge in [0.05, 0.1) is 17.4 Å². The monoisotopic (exact) mass is 299 g/mol. The number of imidazole rings is 1. The van der Waals surface area contributed by atoms with Crippen molar-refractivity contribution in [1.29, 1.82) is 0 Å². The Balaban J connectivity index is 1.70. The molecule has 3 aromatic rings. The Morgan fingerprint density at radius 1 is 1.10 bits per heavy atom. The fourth-order valence-corrected chi connectivity index (χ4v) is 2.51. The van der Waals surface area contributed by atoms with E-state index in [-0.39, 0.29) is 0 Å². The molecule has 0 spiro atoms. The van der Waals surface area contributed by atoms with E-state index in [9.17, 15) is 0 Å². The third-order valence-corrected chi connectivity index (χ3v) is 4.01. The molecule has 21 heavy (non-hydrogen) atoms. The second-order valence-corrected chi connectivity index (χ2v) is 5.73. The van der Waals surface area contributed by atoms with Crippen LogP contribution >= 0.6 is 11.6 Å². The molecule has 0 amide bonds. The molecule has 2 aromatic carbocycles. The van der Waals surface area contributed by atoms with Gasteiger partial charge in [0.15, 0.2) is 0 Å². The van der Waals surface area contributed by atoms with Crippen LogP contribution < -0.4 is 5.32 Å². The number of hydrogen-bond donors (Lipinski definition) is 1. The average Bonchev–Trinajstić information content (AvgIpc) is 2.84. The maximum absolute atomic E-state index is 5.88. The summed E-state index contributed by atoms with van der Waals surface area (Å²) in [6, 6.07) is 12.1. The first-order valence-corrected chi connectivity index (χ1v) is 7.43. The van der Waals surface area contributed by atoms with Crippen LogP contribution in [-0.2, 0) is 6.54 Å². The first-order valence-electron chi connectivity index (χ1n) is 7.05. The number of rotatable bonds is 4. The quantitative estimate of drug-likeness (QED) is 0.773. The van der Waals surface area contributed by atoms with Crippen LogP contribution in [0.2, 0.25) is 5.02 Å². The predicted molar refractivity (Wildman–Crippen MR) is 89.1 cm³/mol. The molecule has 0 aliphatic rings. The Kier molecular flexibility index (Phi) is 3.84. The van der Waals surface area contributed by atoms with E-state index in [0.717, 1.165) is 29.3 Å². The van der Waals surface area contributed by atoms with Gasteiger partial charge >= 0.3 is 0 Å². The Morgan fingerprint density at radius 3 is 2.57 bits per heavy atom. The summed E-state index contributed by atoms with van der Waals surface area (Å²) in [5, 5.41) is 4.15. The number of fused-ring (bicyclic) bond motifs is 1. The van der Waals surface area contributed by atoms with Crippen molar-refractivity contribution in [2.45, 2.75) is 20.4 Å². The van der Waals surface area contributed by atoms with Crippen LogP contribution in [0.5, 0.6) is 0 Å². The molecule has 0 unspecified atom stereocenters. The fourth-order valence-electron chi connectivity index (χ4n) is 2.38. The summed E-state index contributed by atoms with van der Waals surface area (Å²) in [5.41, 5.74) is 5.92. The summed E-state index contributed by atoms with van der Waals surface area (Å²) in [6.07, 6.45) is 1.91. The SMILES string of the molecule is Cc1cc2ncn(CCNc3ccc(Cl)cc3)c2cc1C. The molecule has 0 aliphatic heterocycles. The van der Waals surface area contributed by atoms with Crippen molar-refractivity contribution < 1.29 is 0 Å². The molecule has 1 N–H and O–H groups in total. The van der Waals surface area contributed by atoms with E-state index < -0.39 is 0 Å². The van der Waals surface area contributed by atoms with Crippen molar-refractivity contribution >= 4 is 28.3 Å². The highest BCUT2D eigenvalue weighted by Crippen LogP contribution is 2.18. The third-order valence-electron chi connectivity index (χ3n) is 3.76. The van der Waals surface area contributed by atoms with Crippen LogP contribution in [0.1, 0.15) is 11.1 Å². The minimum atomic E-state index is 0.756. The number of aryl methyl sites for hydroxylation is 2. The maximum atomic E-state index is 5.88. The molecule has 108 valence electrons. The molecule has 4 heteroatoms. The molecule has 0 saturated carbocycles. The lowest BCUT2D eigenvalue weighted by molar-refractivity contribution is 0.749. The fraction of sp³-hybridized carbons (Fsp3) is 0.235. The summed E-state index contributed by atoms with van der Waals surface area (Å²) in [4.78, 5) is 4.48. The summed E-state index contributed by atoms with van der Waals surface area (Å²) >= 11 is 5.88. The van der Waals surface area contributed by atoms with Crippen LogP contribution in [0.25, 0.3) is 11.0 Å². The van der Waals surface area contributed by atoms with Crippen LogP contribution in [0.4, 0.5) is 5.69 Å². The second-order valence-electron chi connectivity index (χ2n) is 5.30. The van der Waals surface area contributed by atoms with Gasteiger partial charge in [0, 0.05) is 23.8 Å². The van der Waals surface area contributed by atoms with E-state index in [0.29, 0.717) is 0 Å². The lowest BCUT2D eigenvalue weighted by Crippen LogP contribution is -2.09. The number of hydrogen-bond acceptors (Lipinski definition) is 2. The lowest BCUT2D eigenvalue weighted by Gasteiger charge is -2.09. The first-order chi connectivity index (χ1) is 10.1. The van der Waals surface area contributed by atoms with Crippen molar-refractivity contribution in [2.24, 2.45) is 0 Å². The summed E-state index contributed by atoms with van der Waals surface area (Å²) in [5.74, 6) is 0. The number of anilines is 1. The molecule has 0 bridgehead atoms. The number of nitrogens with one attached hydrogen (secondary N) is 1. The van der Waals surface area contributed by atoms with E-state index in [1.54, 1.807) is 0 Å². The first kappa shape index (κ1) is 14.0. The van der Waals surface area contributed by atoms with Crippen molar-refractivity contribution in [2.75, 3.05) is 11.9 Å². The predicted octanol–water partition coefficient (Wildman–Crippen LogP) is 4.42. The van der Waals surface area contributed by atoms with Crippen LogP contribution in [0, 0.1) is 13.8 Å². The zero-order valence-corrected chi connectivity index (χ0v) is 13.0. The Hall–Kier alpha value is -2.00.